The Morgan fingerprint density at radius 3 is 2.26 bits per heavy atom. The van der Waals surface area contributed by atoms with E-state index < -0.39 is 18.7 Å². The number of aromatic nitrogens is 1. The van der Waals surface area contributed by atoms with Crippen LogP contribution >= 0.6 is 0 Å². The van der Waals surface area contributed by atoms with Crippen molar-refractivity contribution >= 4 is 5.91 Å². The van der Waals surface area contributed by atoms with Crippen molar-refractivity contribution in [1.82, 2.24) is 9.88 Å². The van der Waals surface area contributed by atoms with Gasteiger partial charge in [0.2, 0.25) is 0 Å². The van der Waals surface area contributed by atoms with Crippen LogP contribution in [-0.4, -0.2) is 23.3 Å². The highest BCUT2D eigenvalue weighted by Crippen LogP contribution is 2.16. The lowest BCUT2D eigenvalue weighted by atomic mass is 10.1. The Bertz CT molecular complexity index is 1060. The second-order valence-corrected chi connectivity index (χ2v) is 6.95. The normalized spacial score (nSPS) is 11.3. The maximum absolute atomic E-state index is 12.6. The lowest BCUT2D eigenvalue weighted by Gasteiger charge is -2.10. The molecule has 31 heavy (non-hydrogen) atoms. The average molecular weight is 430 g/mol. The summed E-state index contributed by atoms with van der Waals surface area (Å²) < 4.78 is 42.4. The molecule has 0 bridgehead atoms. The fourth-order valence-corrected chi connectivity index (χ4v) is 2.93. The summed E-state index contributed by atoms with van der Waals surface area (Å²) in [5.74, 6) is -0.495. The third kappa shape index (κ3) is 6.82. The maximum atomic E-state index is 12.6. The molecule has 1 amide bonds. The van der Waals surface area contributed by atoms with Crippen LogP contribution in [0.1, 0.15) is 27.0 Å². The van der Waals surface area contributed by atoms with E-state index in [4.69, 9.17) is 0 Å². The molecule has 3 aromatic rings. The molecule has 5 nitrogen and oxygen atoms in total. The molecule has 2 aromatic carbocycles. The molecule has 0 radical (unpaired) electrons. The highest BCUT2D eigenvalue weighted by Gasteiger charge is 2.27. The number of carbonyl (C=O) groups is 1. The predicted octanol–water partition coefficient (Wildman–Crippen LogP) is 3.91. The molecular formula is C23H21F3N2O3. The van der Waals surface area contributed by atoms with E-state index in [1.165, 1.54) is 10.6 Å². The SMILES string of the molecule is O=C(NCc1ccc(COCC(F)(F)F)cc1)c1cccn(Cc2ccccc2)c1=O. The number of hydrogen-bond donors (Lipinski definition) is 1. The van der Waals surface area contributed by atoms with Crippen molar-refractivity contribution in [3.63, 3.8) is 0 Å². The Morgan fingerprint density at radius 2 is 1.58 bits per heavy atom. The molecule has 0 unspecified atom stereocenters. The molecule has 8 heteroatoms. The summed E-state index contributed by atoms with van der Waals surface area (Å²) in [4.78, 5) is 25.1. The summed E-state index contributed by atoms with van der Waals surface area (Å²) in [6.07, 6.45) is -2.73. The number of benzene rings is 2. The third-order valence-electron chi connectivity index (χ3n) is 4.47. The minimum Gasteiger partial charge on any atom is -0.367 e. The van der Waals surface area contributed by atoms with Gasteiger partial charge in [0.25, 0.3) is 11.5 Å². The minimum atomic E-state index is -4.36. The van der Waals surface area contributed by atoms with Gasteiger partial charge in [0, 0.05) is 12.7 Å². The van der Waals surface area contributed by atoms with Crippen LogP contribution in [0.25, 0.3) is 0 Å². The number of rotatable bonds is 8. The van der Waals surface area contributed by atoms with Crippen molar-refractivity contribution in [3.05, 3.63) is 106 Å². The van der Waals surface area contributed by atoms with Gasteiger partial charge in [-0.15, -0.1) is 0 Å². The second-order valence-electron chi connectivity index (χ2n) is 6.95. The Kier molecular flexibility index (Phi) is 7.25. The fraction of sp³-hybridized carbons (Fsp3) is 0.217. The molecule has 0 aliphatic heterocycles. The number of nitrogens with one attached hydrogen (secondary N) is 1. The Hall–Kier alpha value is -3.39. The summed E-state index contributed by atoms with van der Waals surface area (Å²) in [6, 6.07) is 19.2. The highest BCUT2D eigenvalue weighted by atomic mass is 19.4. The van der Waals surface area contributed by atoms with Crippen molar-refractivity contribution in [3.8, 4) is 0 Å². The van der Waals surface area contributed by atoms with Gasteiger partial charge in [-0.05, 0) is 28.8 Å². The number of alkyl halides is 3. The number of pyridine rings is 1. The van der Waals surface area contributed by atoms with E-state index in [2.05, 4.69) is 10.1 Å². The molecule has 0 spiro atoms. The number of ether oxygens (including phenoxy) is 1. The van der Waals surface area contributed by atoms with Crippen LogP contribution in [0, 0.1) is 0 Å². The molecule has 0 atom stereocenters. The van der Waals surface area contributed by atoms with E-state index in [1.807, 2.05) is 30.3 Å². The Morgan fingerprint density at radius 1 is 0.903 bits per heavy atom. The van der Waals surface area contributed by atoms with Crippen LogP contribution in [-0.2, 0) is 24.4 Å². The Labute approximate surface area is 177 Å². The molecule has 0 saturated carbocycles. The lowest BCUT2D eigenvalue weighted by Crippen LogP contribution is -2.32. The summed E-state index contributed by atoms with van der Waals surface area (Å²) in [7, 11) is 0. The fourth-order valence-electron chi connectivity index (χ4n) is 2.93. The van der Waals surface area contributed by atoms with Gasteiger partial charge in [0.15, 0.2) is 0 Å². The van der Waals surface area contributed by atoms with Crippen molar-refractivity contribution in [2.24, 2.45) is 0 Å². The van der Waals surface area contributed by atoms with Gasteiger partial charge in [-0.25, -0.2) is 0 Å². The first-order chi connectivity index (χ1) is 14.8. The van der Waals surface area contributed by atoms with Crippen molar-refractivity contribution in [1.29, 1.82) is 0 Å². The predicted molar refractivity (Wildman–Crippen MR) is 110 cm³/mol. The first-order valence-electron chi connectivity index (χ1n) is 9.56. The zero-order valence-corrected chi connectivity index (χ0v) is 16.6. The van der Waals surface area contributed by atoms with Crippen LogP contribution in [0.5, 0.6) is 0 Å². The molecule has 0 saturated heterocycles. The third-order valence-corrected chi connectivity index (χ3v) is 4.47. The van der Waals surface area contributed by atoms with Crippen molar-refractivity contribution in [2.45, 2.75) is 25.9 Å². The van der Waals surface area contributed by atoms with E-state index in [0.29, 0.717) is 12.1 Å². The number of halogens is 3. The van der Waals surface area contributed by atoms with Gasteiger partial charge in [-0.1, -0.05) is 54.6 Å². The summed E-state index contributed by atoms with van der Waals surface area (Å²) in [5, 5.41) is 2.70. The van der Waals surface area contributed by atoms with E-state index >= 15 is 0 Å². The van der Waals surface area contributed by atoms with Crippen molar-refractivity contribution < 1.29 is 22.7 Å². The molecule has 0 aliphatic rings. The maximum Gasteiger partial charge on any atom is 0.411 e. The molecule has 1 aromatic heterocycles. The van der Waals surface area contributed by atoms with Crippen LogP contribution in [0.4, 0.5) is 13.2 Å². The molecule has 1 N–H and O–H groups in total. The van der Waals surface area contributed by atoms with E-state index in [1.54, 1.807) is 36.5 Å². The standard InChI is InChI=1S/C23H21F3N2O3/c24-23(25,26)16-31-15-19-10-8-17(9-11-19)13-27-21(29)20-7-4-12-28(22(20)30)14-18-5-2-1-3-6-18/h1-12H,13-16H2,(H,27,29). The molecule has 3 rings (SSSR count). The van der Waals surface area contributed by atoms with Gasteiger partial charge in [0.05, 0.1) is 13.2 Å². The zero-order chi connectivity index (χ0) is 22.3. The second kappa shape index (κ2) is 10.1. The highest BCUT2D eigenvalue weighted by molar-refractivity contribution is 5.93. The number of amides is 1. The average Bonchev–Trinajstić information content (AvgIpc) is 2.74. The van der Waals surface area contributed by atoms with Crippen LogP contribution in [0.15, 0.2) is 77.7 Å². The smallest absolute Gasteiger partial charge is 0.367 e. The summed E-state index contributed by atoms with van der Waals surface area (Å²) >= 11 is 0. The van der Waals surface area contributed by atoms with Gasteiger partial charge in [-0.3, -0.25) is 9.59 Å². The monoisotopic (exact) mass is 430 g/mol. The lowest BCUT2D eigenvalue weighted by molar-refractivity contribution is -0.176. The van der Waals surface area contributed by atoms with Gasteiger partial charge in [-0.2, -0.15) is 13.2 Å². The molecule has 162 valence electrons. The minimum absolute atomic E-state index is 0.0376. The van der Waals surface area contributed by atoms with Gasteiger partial charge in [0.1, 0.15) is 12.2 Å². The number of nitrogens with zero attached hydrogens (tertiary/aromatic N) is 1. The molecule has 1 heterocycles. The zero-order valence-electron chi connectivity index (χ0n) is 16.6. The largest absolute Gasteiger partial charge is 0.411 e. The Balaban J connectivity index is 1.57. The molecular weight excluding hydrogens is 409 g/mol. The van der Waals surface area contributed by atoms with Crippen LogP contribution < -0.4 is 10.9 Å². The molecule has 0 fully saturated rings. The molecule has 0 aliphatic carbocycles. The van der Waals surface area contributed by atoms with E-state index in [9.17, 15) is 22.8 Å². The van der Waals surface area contributed by atoms with Crippen LogP contribution in [0.3, 0.4) is 0 Å². The first-order valence-corrected chi connectivity index (χ1v) is 9.56. The van der Waals surface area contributed by atoms with Gasteiger partial charge < -0.3 is 14.6 Å². The number of carbonyl (C=O) groups excluding carboxylic acids is 1. The van der Waals surface area contributed by atoms with E-state index in [0.717, 1.165) is 11.1 Å². The quantitative estimate of drug-likeness (QED) is 0.590. The summed E-state index contributed by atoms with van der Waals surface area (Å²) in [6.45, 7) is -0.922. The topological polar surface area (TPSA) is 60.3 Å². The first kappa shape index (κ1) is 22.3. The van der Waals surface area contributed by atoms with Crippen molar-refractivity contribution in [2.75, 3.05) is 6.61 Å². The van der Waals surface area contributed by atoms with Gasteiger partial charge >= 0.3 is 6.18 Å². The van der Waals surface area contributed by atoms with E-state index in [-0.39, 0.29) is 24.3 Å². The van der Waals surface area contributed by atoms with Crippen LogP contribution in [0.2, 0.25) is 0 Å². The summed E-state index contributed by atoms with van der Waals surface area (Å²) in [5.41, 5.74) is 1.93. The number of hydrogen-bond acceptors (Lipinski definition) is 3.